The quantitative estimate of drug-likeness (QED) is 0.0320. The van der Waals surface area contributed by atoms with Crippen molar-refractivity contribution in [2.24, 2.45) is 0 Å². The summed E-state index contributed by atoms with van der Waals surface area (Å²) in [6.07, 6.45) is 75.1. The third-order valence-electron chi connectivity index (χ3n) is 15.0. The highest BCUT2D eigenvalue weighted by atomic mass is 16.5. The predicted molar refractivity (Wildman–Crippen MR) is 310 cm³/mol. The van der Waals surface area contributed by atoms with Crippen LogP contribution in [-0.4, -0.2) is 47.4 Å². The first-order valence-electron chi connectivity index (χ1n) is 32.1. The maximum absolute atomic E-state index is 12.5. The van der Waals surface area contributed by atoms with Crippen LogP contribution in [0.15, 0.2) is 24.3 Å². The van der Waals surface area contributed by atoms with E-state index in [9.17, 15) is 19.8 Å². The Balaban J connectivity index is 3.47. The van der Waals surface area contributed by atoms with Gasteiger partial charge in [-0.3, -0.25) is 9.59 Å². The number of ether oxygens (including phenoxy) is 1. The lowest BCUT2D eigenvalue weighted by molar-refractivity contribution is -0.143. The van der Waals surface area contributed by atoms with E-state index in [-0.39, 0.29) is 18.5 Å². The lowest BCUT2D eigenvalue weighted by Crippen LogP contribution is -2.45. The molecular formula is C65H125NO5. The van der Waals surface area contributed by atoms with Crippen LogP contribution in [0.2, 0.25) is 0 Å². The van der Waals surface area contributed by atoms with Gasteiger partial charge in [-0.1, -0.05) is 308 Å². The summed E-state index contributed by atoms with van der Waals surface area (Å²) in [6, 6.07) is -0.636. The van der Waals surface area contributed by atoms with Gasteiger partial charge in [0.25, 0.3) is 0 Å². The Hall–Kier alpha value is -1.66. The molecule has 0 aliphatic rings. The van der Waals surface area contributed by atoms with Gasteiger partial charge in [0.1, 0.15) is 0 Å². The molecule has 0 fully saturated rings. The Kier molecular flexibility index (Phi) is 59.5. The zero-order valence-corrected chi connectivity index (χ0v) is 48.0. The van der Waals surface area contributed by atoms with Crippen LogP contribution in [0, 0.1) is 0 Å². The summed E-state index contributed by atoms with van der Waals surface area (Å²) in [4.78, 5) is 24.5. The fourth-order valence-electron chi connectivity index (χ4n) is 10.0. The van der Waals surface area contributed by atoms with Gasteiger partial charge in [0, 0.05) is 12.8 Å². The Bertz CT molecular complexity index is 1110. The molecule has 0 heterocycles. The molecule has 0 bridgehead atoms. The SMILES string of the molecule is CCCCCCCCCCCCCCCCCCCCCCC/C=C/C(O)C(CO)NC(=O)CCCCCCCCC/C=C\CCCCCCCCCCOC(=O)CCCCCCCCCCCCCC. The molecule has 2 unspecified atom stereocenters. The van der Waals surface area contributed by atoms with E-state index in [1.807, 2.05) is 6.08 Å². The molecule has 2 atom stereocenters. The molecule has 0 aromatic rings. The molecule has 0 aromatic heterocycles. The Morgan fingerprint density at radius 2 is 0.662 bits per heavy atom. The second-order valence-corrected chi connectivity index (χ2v) is 22.1. The summed E-state index contributed by atoms with van der Waals surface area (Å²) in [5, 5.41) is 23.2. The lowest BCUT2D eigenvalue weighted by Gasteiger charge is -2.20. The van der Waals surface area contributed by atoms with Gasteiger partial charge in [0.15, 0.2) is 0 Å². The lowest BCUT2D eigenvalue weighted by atomic mass is 10.0. The van der Waals surface area contributed by atoms with E-state index in [1.54, 1.807) is 6.08 Å². The first kappa shape index (κ1) is 69.3. The van der Waals surface area contributed by atoms with E-state index in [2.05, 4.69) is 31.3 Å². The number of nitrogens with one attached hydrogen (secondary N) is 1. The maximum Gasteiger partial charge on any atom is 0.305 e. The van der Waals surface area contributed by atoms with E-state index < -0.39 is 12.1 Å². The molecule has 3 N–H and O–H groups in total. The number of amides is 1. The molecule has 1 amide bonds. The van der Waals surface area contributed by atoms with Crippen LogP contribution in [-0.2, 0) is 14.3 Å². The summed E-state index contributed by atoms with van der Waals surface area (Å²) < 4.78 is 5.47. The summed E-state index contributed by atoms with van der Waals surface area (Å²) in [5.74, 6) is -0.0696. The number of aliphatic hydroxyl groups excluding tert-OH is 2. The molecule has 6 heteroatoms. The zero-order chi connectivity index (χ0) is 51.4. The average molecular weight is 1000 g/mol. The van der Waals surface area contributed by atoms with Crippen molar-refractivity contribution >= 4 is 11.9 Å². The van der Waals surface area contributed by atoms with Crippen LogP contribution < -0.4 is 5.32 Å². The summed E-state index contributed by atoms with van der Waals surface area (Å²) in [6.45, 7) is 4.92. The number of rotatable bonds is 60. The smallest absolute Gasteiger partial charge is 0.305 e. The molecule has 0 rings (SSSR count). The minimum absolute atomic E-state index is 0.00447. The molecule has 0 aliphatic carbocycles. The van der Waals surface area contributed by atoms with Crippen LogP contribution in [0.4, 0.5) is 0 Å². The number of hydrogen-bond acceptors (Lipinski definition) is 5. The van der Waals surface area contributed by atoms with Crippen molar-refractivity contribution in [3.8, 4) is 0 Å². The van der Waals surface area contributed by atoms with Gasteiger partial charge >= 0.3 is 5.97 Å². The molecular weight excluding hydrogens is 875 g/mol. The molecule has 0 aromatic carbocycles. The number of carbonyl (C=O) groups excluding carboxylic acids is 2. The fourth-order valence-corrected chi connectivity index (χ4v) is 10.0. The normalized spacial score (nSPS) is 12.7. The second-order valence-electron chi connectivity index (χ2n) is 22.1. The van der Waals surface area contributed by atoms with Crippen molar-refractivity contribution in [1.82, 2.24) is 5.32 Å². The van der Waals surface area contributed by atoms with Gasteiger partial charge in [-0.25, -0.2) is 0 Å². The predicted octanol–water partition coefficient (Wildman–Crippen LogP) is 20.2. The minimum Gasteiger partial charge on any atom is -0.466 e. The highest BCUT2D eigenvalue weighted by molar-refractivity contribution is 5.76. The summed E-state index contributed by atoms with van der Waals surface area (Å²) in [5.41, 5.74) is 0. The number of carbonyl (C=O) groups is 2. The molecule has 0 radical (unpaired) electrons. The van der Waals surface area contributed by atoms with Crippen molar-refractivity contribution in [2.75, 3.05) is 13.2 Å². The van der Waals surface area contributed by atoms with E-state index in [0.717, 1.165) is 51.4 Å². The van der Waals surface area contributed by atoms with E-state index in [1.165, 1.54) is 276 Å². The Labute approximate surface area is 443 Å². The summed E-state index contributed by atoms with van der Waals surface area (Å²) >= 11 is 0. The number of allylic oxidation sites excluding steroid dienone is 3. The highest BCUT2D eigenvalue weighted by Crippen LogP contribution is 2.18. The van der Waals surface area contributed by atoms with Crippen molar-refractivity contribution in [3.63, 3.8) is 0 Å². The topological polar surface area (TPSA) is 95.9 Å². The number of aliphatic hydroxyl groups is 2. The molecule has 0 saturated carbocycles. The van der Waals surface area contributed by atoms with Gasteiger partial charge in [-0.15, -0.1) is 0 Å². The first-order chi connectivity index (χ1) is 35.0. The van der Waals surface area contributed by atoms with Crippen molar-refractivity contribution in [2.45, 2.75) is 366 Å². The second kappa shape index (κ2) is 60.9. The number of unbranched alkanes of at least 4 members (excludes halogenated alkanes) is 47. The van der Waals surface area contributed by atoms with E-state index in [0.29, 0.717) is 19.4 Å². The molecule has 0 saturated heterocycles. The van der Waals surface area contributed by atoms with Crippen LogP contribution in [0.25, 0.3) is 0 Å². The van der Waals surface area contributed by atoms with Gasteiger partial charge < -0.3 is 20.3 Å². The molecule has 6 nitrogen and oxygen atoms in total. The average Bonchev–Trinajstić information content (AvgIpc) is 3.37. The monoisotopic (exact) mass is 1000 g/mol. The van der Waals surface area contributed by atoms with Crippen molar-refractivity contribution in [3.05, 3.63) is 24.3 Å². The maximum atomic E-state index is 12.5. The zero-order valence-electron chi connectivity index (χ0n) is 48.0. The third kappa shape index (κ3) is 57.5. The number of hydrogen-bond donors (Lipinski definition) is 3. The molecule has 71 heavy (non-hydrogen) atoms. The largest absolute Gasteiger partial charge is 0.466 e. The van der Waals surface area contributed by atoms with Gasteiger partial charge in [-0.2, -0.15) is 0 Å². The van der Waals surface area contributed by atoms with Gasteiger partial charge in [0.2, 0.25) is 5.91 Å². The van der Waals surface area contributed by atoms with Crippen LogP contribution >= 0.6 is 0 Å². The molecule has 0 spiro atoms. The van der Waals surface area contributed by atoms with E-state index >= 15 is 0 Å². The van der Waals surface area contributed by atoms with E-state index in [4.69, 9.17) is 4.74 Å². The fraction of sp³-hybridized carbons (Fsp3) is 0.908. The minimum atomic E-state index is -0.852. The van der Waals surface area contributed by atoms with Gasteiger partial charge in [-0.05, 0) is 57.8 Å². The van der Waals surface area contributed by atoms with Crippen molar-refractivity contribution < 1.29 is 24.5 Å². The van der Waals surface area contributed by atoms with Crippen LogP contribution in [0.3, 0.4) is 0 Å². The molecule has 420 valence electrons. The highest BCUT2D eigenvalue weighted by Gasteiger charge is 2.18. The van der Waals surface area contributed by atoms with Crippen molar-refractivity contribution in [1.29, 1.82) is 0 Å². The third-order valence-corrected chi connectivity index (χ3v) is 15.0. The molecule has 0 aliphatic heterocycles. The Morgan fingerprint density at radius 1 is 0.380 bits per heavy atom. The van der Waals surface area contributed by atoms with Crippen LogP contribution in [0.1, 0.15) is 354 Å². The van der Waals surface area contributed by atoms with Crippen LogP contribution in [0.5, 0.6) is 0 Å². The Morgan fingerprint density at radius 3 is 1.00 bits per heavy atom. The summed E-state index contributed by atoms with van der Waals surface area (Å²) in [7, 11) is 0. The number of esters is 1. The van der Waals surface area contributed by atoms with Gasteiger partial charge in [0.05, 0.1) is 25.4 Å². The standard InChI is InChI=1S/C65H125NO5/c1-3-5-7-9-11-13-15-17-18-19-20-21-22-23-25-28-31-34-37-41-45-49-53-57-63(68)62(61-67)66-64(69)58-54-50-46-42-38-35-32-29-26-24-27-30-33-36-40-44-48-52-56-60-71-65(70)59-55-51-47-43-39-16-14-12-10-8-6-4-2/h24,26,53,57,62-63,67-68H,3-23,25,27-52,54-56,58-61H2,1-2H3,(H,66,69)/b26-24-,57-53+. The first-order valence-corrected chi connectivity index (χ1v) is 32.1.